The number of aliphatic carboxylic acids is 1. The Morgan fingerprint density at radius 3 is 2.79 bits per heavy atom. The van der Waals surface area contributed by atoms with Gasteiger partial charge in [-0.2, -0.15) is 10.2 Å². The molecule has 1 aromatic heterocycles. The Labute approximate surface area is 81.5 Å². The Hall–Kier alpha value is -1.78. The minimum absolute atomic E-state index is 0.389. The highest BCUT2D eigenvalue weighted by Gasteiger charge is 2.07. The van der Waals surface area contributed by atoms with Crippen molar-refractivity contribution in [3.05, 3.63) is 30.1 Å². The molecule has 0 aliphatic rings. The van der Waals surface area contributed by atoms with E-state index < -0.39 is 12.0 Å². The van der Waals surface area contributed by atoms with E-state index in [-0.39, 0.29) is 0 Å². The van der Waals surface area contributed by atoms with Gasteiger partial charge in [-0.1, -0.05) is 0 Å². The highest BCUT2D eigenvalue weighted by molar-refractivity contribution is 5.72. The first-order valence-corrected chi connectivity index (χ1v) is 4.18. The topological polar surface area (TPSA) is 74.9 Å². The Morgan fingerprint density at radius 2 is 2.21 bits per heavy atom. The summed E-state index contributed by atoms with van der Waals surface area (Å²) in [5.74, 6) is -0.969. The summed E-state index contributed by atoms with van der Waals surface area (Å²) >= 11 is 0. The molecule has 14 heavy (non-hydrogen) atoms. The van der Waals surface area contributed by atoms with E-state index in [0.717, 1.165) is 5.56 Å². The van der Waals surface area contributed by atoms with Gasteiger partial charge >= 0.3 is 5.97 Å². The van der Waals surface area contributed by atoms with Crippen LogP contribution in [0.3, 0.4) is 0 Å². The molecule has 1 heterocycles. The lowest BCUT2D eigenvalue weighted by molar-refractivity contribution is -0.138. The molecule has 0 aliphatic heterocycles. The Morgan fingerprint density at radius 1 is 1.57 bits per heavy atom. The Balaban J connectivity index is 2.45. The third kappa shape index (κ3) is 3.30. The van der Waals surface area contributed by atoms with Crippen molar-refractivity contribution in [1.82, 2.24) is 4.98 Å². The zero-order valence-corrected chi connectivity index (χ0v) is 7.79. The number of pyridine rings is 1. The van der Waals surface area contributed by atoms with Crippen LogP contribution in [0, 0.1) is 0 Å². The summed E-state index contributed by atoms with van der Waals surface area (Å²) in [6.07, 6.45) is 3.32. The van der Waals surface area contributed by atoms with Gasteiger partial charge in [-0.15, -0.1) is 0 Å². The average Bonchev–Trinajstić information content (AvgIpc) is 2.19. The minimum atomic E-state index is -0.969. The van der Waals surface area contributed by atoms with Crippen molar-refractivity contribution in [3.63, 3.8) is 0 Å². The lowest BCUT2D eigenvalue weighted by Crippen LogP contribution is -2.12. The summed E-state index contributed by atoms with van der Waals surface area (Å²) in [7, 11) is 0. The Kier molecular flexibility index (Phi) is 3.72. The van der Waals surface area contributed by atoms with Crippen LogP contribution in [0.2, 0.25) is 0 Å². The fourth-order valence-electron chi connectivity index (χ4n) is 0.783. The van der Waals surface area contributed by atoms with Crippen LogP contribution in [0.4, 0.5) is 0 Å². The molecule has 0 amide bonds. The second kappa shape index (κ2) is 5.06. The fraction of sp³-hybridized carbons (Fsp3) is 0.333. The van der Waals surface area contributed by atoms with Gasteiger partial charge in [0.05, 0.1) is 6.54 Å². The van der Waals surface area contributed by atoms with Crippen molar-refractivity contribution in [2.24, 2.45) is 10.2 Å². The van der Waals surface area contributed by atoms with Gasteiger partial charge in [0.25, 0.3) is 0 Å². The quantitative estimate of drug-likeness (QED) is 0.736. The van der Waals surface area contributed by atoms with Crippen molar-refractivity contribution in [2.75, 3.05) is 0 Å². The van der Waals surface area contributed by atoms with E-state index in [9.17, 15) is 4.79 Å². The first-order chi connectivity index (χ1) is 6.70. The molecule has 5 heteroatoms. The predicted octanol–water partition coefficient (Wildman–Crippen LogP) is 1.51. The number of azo groups is 1. The van der Waals surface area contributed by atoms with E-state index in [1.165, 1.54) is 6.92 Å². The van der Waals surface area contributed by atoms with Crippen LogP contribution >= 0.6 is 0 Å². The van der Waals surface area contributed by atoms with Crippen molar-refractivity contribution in [1.29, 1.82) is 0 Å². The maximum absolute atomic E-state index is 10.4. The molecule has 0 radical (unpaired) electrons. The molecule has 0 bridgehead atoms. The van der Waals surface area contributed by atoms with E-state index in [1.807, 2.05) is 12.1 Å². The molecule has 1 atom stereocenters. The number of hydrogen-bond donors (Lipinski definition) is 1. The molecule has 0 aromatic carbocycles. The van der Waals surface area contributed by atoms with Gasteiger partial charge in [-0.25, -0.2) is 4.79 Å². The number of nitrogens with zero attached hydrogens (tertiary/aromatic N) is 3. The van der Waals surface area contributed by atoms with Crippen LogP contribution in [-0.2, 0) is 11.3 Å². The van der Waals surface area contributed by atoms with Crippen molar-refractivity contribution in [3.8, 4) is 0 Å². The van der Waals surface area contributed by atoms with Gasteiger partial charge in [0.15, 0.2) is 6.04 Å². The molecule has 5 nitrogen and oxygen atoms in total. The van der Waals surface area contributed by atoms with Gasteiger partial charge < -0.3 is 5.11 Å². The number of carboxylic acids is 1. The molecule has 0 spiro atoms. The number of hydrogen-bond acceptors (Lipinski definition) is 4. The predicted molar refractivity (Wildman–Crippen MR) is 49.9 cm³/mol. The van der Waals surface area contributed by atoms with E-state index in [0.29, 0.717) is 6.54 Å². The van der Waals surface area contributed by atoms with E-state index in [1.54, 1.807) is 12.4 Å². The summed E-state index contributed by atoms with van der Waals surface area (Å²) in [6.45, 7) is 1.87. The number of carbonyl (C=O) groups is 1. The maximum Gasteiger partial charge on any atom is 0.330 e. The normalized spacial score (nSPS) is 12.9. The highest BCUT2D eigenvalue weighted by atomic mass is 16.4. The Bertz CT molecular complexity index is 324. The average molecular weight is 193 g/mol. The largest absolute Gasteiger partial charge is 0.480 e. The standard InChI is InChI=1S/C9H11N3O2/c1-7(9(13)14)12-11-6-8-2-4-10-5-3-8/h2-5,7H,6H2,1H3,(H,13,14). The molecular weight excluding hydrogens is 182 g/mol. The lowest BCUT2D eigenvalue weighted by Gasteiger charge is -1.96. The number of rotatable bonds is 4. The smallest absolute Gasteiger partial charge is 0.330 e. The second-order valence-electron chi connectivity index (χ2n) is 2.78. The monoisotopic (exact) mass is 193 g/mol. The third-order valence-electron chi connectivity index (χ3n) is 1.61. The minimum Gasteiger partial charge on any atom is -0.480 e. The molecule has 1 aromatic rings. The molecule has 0 saturated heterocycles. The van der Waals surface area contributed by atoms with Gasteiger partial charge in [-0.05, 0) is 24.6 Å². The molecule has 1 unspecified atom stereocenters. The highest BCUT2D eigenvalue weighted by Crippen LogP contribution is 2.00. The number of carboxylic acid groups (broad SMARTS) is 1. The fourth-order valence-corrected chi connectivity index (χ4v) is 0.783. The zero-order valence-electron chi connectivity index (χ0n) is 7.79. The zero-order chi connectivity index (χ0) is 10.4. The van der Waals surface area contributed by atoms with Crippen molar-refractivity contribution in [2.45, 2.75) is 19.5 Å². The van der Waals surface area contributed by atoms with Gasteiger partial charge in [-0.3, -0.25) is 4.98 Å². The summed E-state index contributed by atoms with van der Waals surface area (Å²) in [4.78, 5) is 14.2. The van der Waals surface area contributed by atoms with Crippen LogP contribution in [0.25, 0.3) is 0 Å². The summed E-state index contributed by atoms with van der Waals surface area (Å²) in [5, 5.41) is 15.9. The SMILES string of the molecule is CC(N=NCc1ccncc1)C(=O)O. The summed E-state index contributed by atoms with van der Waals surface area (Å²) < 4.78 is 0. The van der Waals surface area contributed by atoms with E-state index in [2.05, 4.69) is 15.2 Å². The van der Waals surface area contributed by atoms with Gasteiger partial charge in [0.2, 0.25) is 0 Å². The van der Waals surface area contributed by atoms with Gasteiger partial charge in [0, 0.05) is 12.4 Å². The van der Waals surface area contributed by atoms with Crippen LogP contribution in [-0.4, -0.2) is 22.1 Å². The molecule has 0 saturated carbocycles. The maximum atomic E-state index is 10.4. The van der Waals surface area contributed by atoms with Crippen molar-refractivity contribution >= 4 is 5.97 Å². The molecule has 74 valence electrons. The van der Waals surface area contributed by atoms with Crippen LogP contribution in [0.5, 0.6) is 0 Å². The first-order valence-electron chi connectivity index (χ1n) is 4.18. The van der Waals surface area contributed by atoms with E-state index >= 15 is 0 Å². The summed E-state index contributed by atoms with van der Waals surface area (Å²) in [5.41, 5.74) is 0.960. The summed E-state index contributed by atoms with van der Waals surface area (Å²) in [6, 6.07) is 2.84. The second-order valence-corrected chi connectivity index (χ2v) is 2.78. The molecule has 1 rings (SSSR count). The number of aromatic nitrogens is 1. The van der Waals surface area contributed by atoms with Crippen LogP contribution in [0.1, 0.15) is 12.5 Å². The van der Waals surface area contributed by atoms with E-state index in [4.69, 9.17) is 5.11 Å². The van der Waals surface area contributed by atoms with Crippen LogP contribution < -0.4 is 0 Å². The lowest BCUT2D eigenvalue weighted by atomic mass is 10.3. The van der Waals surface area contributed by atoms with Gasteiger partial charge in [0.1, 0.15) is 0 Å². The first kappa shape index (κ1) is 10.3. The molecule has 0 fully saturated rings. The molecule has 1 N–H and O–H groups in total. The van der Waals surface area contributed by atoms with Crippen LogP contribution in [0.15, 0.2) is 34.8 Å². The molecule has 0 aliphatic carbocycles. The molecular formula is C9H11N3O2. The third-order valence-corrected chi connectivity index (χ3v) is 1.61. The van der Waals surface area contributed by atoms with Crippen molar-refractivity contribution < 1.29 is 9.90 Å².